The van der Waals surface area contributed by atoms with Crippen molar-refractivity contribution < 1.29 is 19.7 Å². The van der Waals surface area contributed by atoms with Crippen LogP contribution < -0.4 is 5.32 Å². The first-order valence-electron chi connectivity index (χ1n) is 5.49. The van der Waals surface area contributed by atoms with Crippen molar-refractivity contribution in [1.29, 1.82) is 5.53 Å². The summed E-state index contributed by atoms with van der Waals surface area (Å²) in [5.41, 5.74) is 7.30. The average Bonchev–Trinajstić information content (AvgIpc) is 2.74. The largest absolute Gasteiger partial charge is 0.394 e. The van der Waals surface area contributed by atoms with E-state index in [9.17, 15) is 5.11 Å². The molecule has 1 heterocycles. The molecule has 0 aromatic carbocycles. The van der Waals surface area contributed by atoms with Gasteiger partial charge in [0.1, 0.15) is 24.6 Å². The van der Waals surface area contributed by atoms with Crippen molar-refractivity contribution in [2.75, 3.05) is 19.8 Å². The third kappa shape index (κ3) is 4.43. The highest BCUT2D eigenvalue weighted by Gasteiger charge is 2.32. The first-order chi connectivity index (χ1) is 8.71. The summed E-state index contributed by atoms with van der Waals surface area (Å²) in [5, 5.41) is 24.5. The highest BCUT2D eigenvalue weighted by atomic mass is 16.5. The summed E-state index contributed by atoms with van der Waals surface area (Å²) in [4.78, 5) is 0. The smallest absolute Gasteiger partial charge is 0.130 e. The van der Waals surface area contributed by atoms with E-state index < -0.39 is 18.4 Å². The third-order valence-corrected chi connectivity index (χ3v) is 2.42. The van der Waals surface area contributed by atoms with Crippen LogP contribution in [0.5, 0.6) is 0 Å². The SMILES string of the molecule is C#CCOC/C(=C/NC1CC(O)C(CO)O1)N=N. The molecule has 0 saturated carbocycles. The van der Waals surface area contributed by atoms with Crippen LogP contribution in [-0.2, 0) is 9.47 Å². The Kier molecular flexibility index (Phi) is 6.32. The molecule has 0 bridgehead atoms. The molecule has 0 radical (unpaired) electrons. The van der Waals surface area contributed by atoms with Gasteiger partial charge in [-0.2, -0.15) is 5.11 Å². The summed E-state index contributed by atoms with van der Waals surface area (Å²) in [6.07, 6.45) is 5.16. The maximum atomic E-state index is 9.50. The van der Waals surface area contributed by atoms with Crippen molar-refractivity contribution in [2.45, 2.75) is 24.9 Å². The number of nitrogens with zero attached hydrogens (tertiary/aromatic N) is 1. The number of ether oxygens (including phenoxy) is 2. The van der Waals surface area contributed by atoms with Crippen molar-refractivity contribution >= 4 is 0 Å². The fourth-order valence-corrected chi connectivity index (χ4v) is 1.51. The molecule has 0 aromatic rings. The number of aliphatic hydroxyl groups is 2. The zero-order chi connectivity index (χ0) is 13.4. The van der Waals surface area contributed by atoms with Gasteiger partial charge in [-0.3, -0.25) is 0 Å². The van der Waals surface area contributed by atoms with Crippen LogP contribution in [0.2, 0.25) is 0 Å². The van der Waals surface area contributed by atoms with Crippen LogP contribution in [0.3, 0.4) is 0 Å². The van der Waals surface area contributed by atoms with Crippen LogP contribution in [0.4, 0.5) is 0 Å². The molecule has 1 fully saturated rings. The van der Waals surface area contributed by atoms with E-state index >= 15 is 0 Å². The van der Waals surface area contributed by atoms with E-state index in [1.54, 1.807) is 0 Å². The quantitative estimate of drug-likeness (QED) is 0.280. The first kappa shape index (κ1) is 14.6. The molecule has 18 heavy (non-hydrogen) atoms. The molecule has 100 valence electrons. The normalized spacial score (nSPS) is 27.8. The van der Waals surface area contributed by atoms with Gasteiger partial charge >= 0.3 is 0 Å². The average molecular weight is 255 g/mol. The van der Waals surface area contributed by atoms with Gasteiger partial charge in [0, 0.05) is 12.6 Å². The lowest BCUT2D eigenvalue weighted by molar-refractivity contribution is -0.0271. The van der Waals surface area contributed by atoms with Crippen LogP contribution >= 0.6 is 0 Å². The van der Waals surface area contributed by atoms with Crippen LogP contribution in [0, 0.1) is 17.9 Å². The molecule has 7 heteroatoms. The Bertz CT molecular complexity index is 340. The van der Waals surface area contributed by atoms with Crippen molar-refractivity contribution in [1.82, 2.24) is 5.32 Å². The van der Waals surface area contributed by atoms with Gasteiger partial charge in [-0.1, -0.05) is 5.92 Å². The molecule has 3 unspecified atom stereocenters. The van der Waals surface area contributed by atoms with Gasteiger partial charge in [0.25, 0.3) is 0 Å². The van der Waals surface area contributed by atoms with Gasteiger partial charge in [0.05, 0.1) is 19.3 Å². The lowest BCUT2D eigenvalue weighted by atomic mass is 10.2. The molecule has 0 amide bonds. The van der Waals surface area contributed by atoms with Gasteiger partial charge in [0.2, 0.25) is 0 Å². The van der Waals surface area contributed by atoms with E-state index in [2.05, 4.69) is 16.4 Å². The molecule has 0 aromatic heterocycles. The molecule has 1 aliphatic rings. The molecule has 0 aliphatic carbocycles. The van der Waals surface area contributed by atoms with Gasteiger partial charge in [0.15, 0.2) is 0 Å². The predicted molar refractivity (Wildman–Crippen MR) is 62.4 cm³/mol. The first-order valence-corrected chi connectivity index (χ1v) is 5.49. The molecule has 3 atom stereocenters. The number of nitrogens with one attached hydrogen (secondary N) is 2. The maximum absolute atomic E-state index is 9.50. The summed E-state index contributed by atoms with van der Waals surface area (Å²) < 4.78 is 10.3. The van der Waals surface area contributed by atoms with E-state index in [-0.39, 0.29) is 19.8 Å². The molecule has 1 aliphatic heterocycles. The number of terminal acetylenes is 1. The Morgan fingerprint density at radius 3 is 3.06 bits per heavy atom. The van der Waals surface area contributed by atoms with Crippen LogP contribution in [0.1, 0.15) is 6.42 Å². The minimum Gasteiger partial charge on any atom is -0.394 e. The molecule has 0 spiro atoms. The zero-order valence-electron chi connectivity index (χ0n) is 9.87. The molecular weight excluding hydrogens is 238 g/mol. The fourth-order valence-electron chi connectivity index (χ4n) is 1.51. The van der Waals surface area contributed by atoms with Crippen molar-refractivity contribution in [3.63, 3.8) is 0 Å². The highest BCUT2D eigenvalue weighted by Crippen LogP contribution is 2.18. The van der Waals surface area contributed by atoms with Crippen molar-refractivity contribution in [2.24, 2.45) is 5.11 Å². The summed E-state index contributed by atoms with van der Waals surface area (Å²) in [6.45, 7) is 0.0432. The molecule has 1 saturated heterocycles. The van der Waals surface area contributed by atoms with Crippen LogP contribution in [0.15, 0.2) is 17.0 Å². The van der Waals surface area contributed by atoms with E-state index in [0.717, 1.165) is 0 Å². The second kappa shape index (κ2) is 7.79. The lowest BCUT2D eigenvalue weighted by Crippen LogP contribution is -2.26. The zero-order valence-corrected chi connectivity index (χ0v) is 9.87. The Morgan fingerprint density at radius 1 is 1.72 bits per heavy atom. The maximum Gasteiger partial charge on any atom is 0.130 e. The third-order valence-electron chi connectivity index (χ3n) is 2.42. The number of aliphatic hydroxyl groups excluding tert-OH is 2. The molecular formula is C11H17N3O4. The molecule has 4 N–H and O–H groups in total. The van der Waals surface area contributed by atoms with Gasteiger partial charge < -0.3 is 25.0 Å². The van der Waals surface area contributed by atoms with E-state index in [0.29, 0.717) is 12.1 Å². The van der Waals surface area contributed by atoms with E-state index in [1.807, 2.05) is 0 Å². The van der Waals surface area contributed by atoms with Crippen LogP contribution in [0.25, 0.3) is 0 Å². The van der Waals surface area contributed by atoms with E-state index in [4.69, 9.17) is 26.5 Å². The summed E-state index contributed by atoms with van der Waals surface area (Å²) in [6, 6.07) is 0. The van der Waals surface area contributed by atoms with Gasteiger partial charge in [-0.25, -0.2) is 5.53 Å². The lowest BCUT2D eigenvalue weighted by Gasteiger charge is -2.12. The Balaban J connectivity index is 2.37. The number of hydrogen-bond acceptors (Lipinski definition) is 7. The molecule has 1 rings (SSSR count). The second-order valence-corrected chi connectivity index (χ2v) is 3.76. The topological polar surface area (TPSA) is 107 Å². The Morgan fingerprint density at radius 2 is 2.50 bits per heavy atom. The van der Waals surface area contributed by atoms with Crippen molar-refractivity contribution in [3.05, 3.63) is 11.9 Å². The minimum absolute atomic E-state index is 0.124. The predicted octanol–water partition coefficient (Wildman–Crippen LogP) is -0.434. The second-order valence-electron chi connectivity index (χ2n) is 3.76. The fraction of sp³-hybridized carbons (Fsp3) is 0.636. The van der Waals surface area contributed by atoms with Crippen molar-refractivity contribution in [3.8, 4) is 12.3 Å². The molecule has 7 nitrogen and oxygen atoms in total. The van der Waals surface area contributed by atoms with Gasteiger partial charge in [-0.15, -0.1) is 6.42 Å². The Hall–Kier alpha value is -1.46. The number of hydrogen-bond donors (Lipinski definition) is 4. The Labute approximate surface area is 105 Å². The standard InChI is InChI=1S/C11H17N3O4/c1-2-3-17-7-8(14-12)5-13-11-4-9(16)10(6-15)18-11/h1,5,9-13,15-16H,3-4,6-7H2/b8-5-,14-12?. The monoisotopic (exact) mass is 255 g/mol. The summed E-state index contributed by atoms with van der Waals surface area (Å²) in [5.74, 6) is 2.31. The minimum atomic E-state index is -0.699. The summed E-state index contributed by atoms with van der Waals surface area (Å²) >= 11 is 0. The van der Waals surface area contributed by atoms with E-state index in [1.165, 1.54) is 6.20 Å². The van der Waals surface area contributed by atoms with Crippen LogP contribution in [-0.4, -0.2) is 48.5 Å². The summed E-state index contributed by atoms with van der Waals surface area (Å²) in [7, 11) is 0. The highest BCUT2D eigenvalue weighted by molar-refractivity contribution is 4.99. The number of rotatable bonds is 7. The van der Waals surface area contributed by atoms with Gasteiger partial charge in [-0.05, 0) is 0 Å².